The molecule has 0 bridgehead atoms. The summed E-state index contributed by atoms with van der Waals surface area (Å²) >= 11 is 1.47. The van der Waals surface area contributed by atoms with Crippen LogP contribution in [0.3, 0.4) is 0 Å². The number of carboxylic acid groups (broad SMARTS) is 1. The van der Waals surface area contributed by atoms with Crippen LogP contribution in [0.2, 0.25) is 0 Å². The summed E-state index contributed by atoms with van der Waals surface area (Å²) in [7, 11) is 0. The molecule has 52 heavy (non-hydrogen) atoms. The van der Waals surface area contributed by atoms with Gasteiger partial charge in [0.1, 0.15) is 5.75 Å². The zero-order valence-electron chi connectivity index (χ0n) is 28.5. The number of aliphatic hydroxyl groups is 1. The average Bonchev–Trinajstić information content (AvgIpc) is 3.65. The fraction of sp³-hybridized carbons (Fsp3) is 0.308. The molecule has 2 heterocycles. The Morgan fingerprint density at radius 1 is 0.865 bits per heavy atom. The molecule has 4 N–H and O–H groups in total. The first-order valence-electron chi connectivity index (χ1n) is 17.2. The number of nitrogens with one attached hydrogen (secondary N) is 1. The Kier molecular flexibility index (Phi) is 12.6. The Bertz CT molecular complexity index is 1920. The summed E-state index contributed by atoms with van der Waals surface area (Å²) in [6, 6.07) is 30.4. The average molecular weight is 724 g/mol. The minimum atomic E-state index is -0.815. The molecule has 1 aromatic heterocycles. The molecule has 270 valence electrons. The molecule has 1 amide bonds. The van der Waals surface area contributed by atoms with Crippen LogP contribution in [0.15, 0.2) is 102 Å². The number of phenols is 1. The topological polar surface area (TPSA) is 169 Å². The second kappa shape index (κ2) is 17.9. The number of aromatic hydroxyl groups is 1. The van der Waals surface area contributed by atoms with E-state index in [0.29, 0.717) is 49.6 Å². The number of tetrazole rings is 1. The molecule has 0 spiro atoms. The Morgan fingerprint density at radius 3 is 2.35 bits per heavy atom. The summed E-state index contributed by atoms with van der Waals surface area (Å²) in [6.45, 7) is 0.345. The third-order valence-electron chi connectivity index (χ3n) is 8.83. The Morgan fingerprint density at radius 2 is 1.60 bits per heavy atom. The number of aliphatic carboxylic acids is 1. The van der Waals surface area contributed by atoms with E-state index in [1.807, 2.05) is 72.8 Å². The van der Waals surface area contributed by atoms with Crippen LogP contribution in [0.5, 0.6) is 5.75 Å². The van der Waals surface area contributed by atoms with E-state index in [2.05, 4.69) is 20.8 Å². The number of benzene rings is 4. The monoisotopic (exact) mass is 723 g/mol. The van der Waals surface area contributed by atoms with Crippen LogP contribution in [0, 0.1) is 0 Å². The molecule has 3 unspecified atom stereocenters. The summed E-state index contributed by atoms with van der Waals surface area (Å²) in [6.07, 6.45) is 1.90. The molecular formula is C39H41N5O7S. The van der Waals surface area contributed by atoms with E-state index in [1.54, 1.807) is 28.9 Å². The molecule has 12 nitrogen and oxygen atoms in total. The van der Waals surface area contributed by atoms with E-state index in [1.165, 1.54) is 11.8 Å². The van der Waals surface area contributed by atoms with Crippen LogP contribution < -0.4 is 5.32 Å². The van der Waals surface area contributed by atoms with E-state index >= 15 is 0 Å². The van der Waals surface area contributed by atoms with Gasteiger partial charge in [-0.15, -0.1) is 5.10 Å². The van der Waals surface area contributed by atoms with Gasteiger partial charge in [-0.05, 0) is 75.4 Å². The normalized spacial score (nSPS) is 17.1. The van der Waals surface area contributed by atoms with Gasteiger partial charge < -0.3 is 30.1 Å². The second-order valence-corrected chi connectivity index (χ2v) is 13.5. The van der Waals surface area contributed by atoms with Crippen LogP contribution in [0.4, 0.5) is 0 Å². The van der Waals surface area contributed by atoms with Crippen molar-refractivity contribution in [3.63, 3.8) is 0 Å². The van der Waals surface area contributed by atoms with Gasteiger partial charge in [0.15, 0.2) is 6.29 Å². The fourth-order valence-corrected chi connectivity index (χ4v) is 6.92. The number of ether oxygens (including phenoxy) is 2. The molecule has 0 saturated carbocycles. The van der Waals surface area contributed by atoms with Crippen LogP contribution in [0.1, 0.15) is 73.2 Å². The molecule has 4 aromatic carbocycles. The number of rotatable bonds is 16. The van der Waals surface area contributed by atoms with Crippen molar-refractivity contribution >= 4 is 23.6 Å². The van der Waals surface area contributed by atoms with Crippen molar-refractivity contribution in [2.45, 2.75) is 75.3 Å². The predicted molar refractivity (Wildman–Crippen MR) is 194 cm³/mol. The van der Waals surface area contributed by atoms with Gasteiger partial charge in [0.2, 0.25) is 11.1 Å². The molecule has 3 atom stereocenters. The smallest absolute Gasteiger partial charge is 0.303 e. The quantitative estimate of drug-likeness (QED) is 0.0646. The van der Waals surface area contributed by atoms with Gasteiger partial charge in [0, 0.05) is 37.1 Å². The van der Waals surface area contributed by atoms with Crippen molar-refractivity contribution in [3.05, 3.63) is 119 Å². The maximum atomic E-state index is 12.5. The molecule has 13 heteroatoms. The van der Waals surface area contributed by atoms with Gasteiger partial charge in [-0.1, -0.05) is 91.0 Å². The van der Waals surface area contributed by atoms with Gasteiger partial charge in [0.05, 0.1) is 24.5 Å². The minimum Gasteiger partial charge on any atom is -0.508 e. The third kappa shape index (κ3) is 9.82. The standard InChI is InChI=1S/C39H41N5O7S/c45-24-26-10-12-28(13-11-26)35-22-33(25-52-39-41-42-43-44(39)31-18-20-32(46)21-19-31)50-38(51-35)29-16-14-27(15-17-29)34-7-5-4-6-30(34)23-40-36(47)8-2-1-3-9-37(48)49/h4-7,10-21,33,35,38,45-46H,1-3,8-9,22-25H2,(H,40,47)(H,48,49). The number of aromatic nitrogens is 4. The molecule has 1 fully saturated rings. The Balaban J connectivity index is 1.14. The lowest BCUT2D eigenvalue weighted by molar-refractivity contribution is -0.245. The predicted octanol–water partition coefficient (Wildman–Crippen LogP) is 6.52. The fourth-order valence-electron chi connectivity index (χ4n) is 6.01. The summed E-state index contributed by atoms with van der Waals surface area (Å²) < 4.78 is 14.7. The highest BCUT2D eigenvalue weighted by atomic mass is 32.2. The maximum Gasteiger partial charge on any atom is 0.303 e. The van der Waals surface area contributed by atoms with E-state index in [4.69, 9.17) is 14.6 Å². The summed E-state index contributed by atoms with van der Waals surface area (Å²) in [5.74, 6) is -0.156. The largest absolute Gasteiger partial charge is 0.508 e. The molecule has 1 aliphatic heterocycles. The van der Waals surface area contributed by atoms with E-state index in [0.717, 1.165) is 39.1 Å². The molecule has 0 aliphatic carbocycles. The van der Waals surface area contributed by atoms with Gasteiger partial charge in [-0.3, -0.25) is 9.59 Å². The maximum absolute atomic E-state index is 12.5. The van der Waals surface area contributed by atoms with Crippen LogP contribution >= 0.6 is 11.8 Å². The molecule has 5 aromatic rings. The molecule has 0 radical (unpaired) electrons. The number of thioether (sulfide) groups is 1. The number of unbranched alkanes of at least 4 members (excludes halogenated alkanes) is 2. The lowest BCUT2D eigenvalue weighted by atomic mass is 9.97. The number of carbonyl (C=O) groups excluding carboxylic acids is 1. The summed E-state index contributed by atoms with van der Waals surface area (Å²) in [5, 5.41) is 43.9. The third-order valence-corrected chi connectivity index (χ3v) is 9.88. The van der Waals surface area contributed by atoms with Gasteiger partial charge in [-0.25, -0.2) is 0 Å². The summed E-state index contributed by atoms with van der Waals surface area (Å²) in [5.41, 5.74) is 6.38. The summed E-state index contributed by atoms with van der Waals surface area (Å²) in [4.78, 5) is 23.2. The number of carbonyl (C=O) groups is 2. The first-order chi connectivity index (χ1) is 25.4. The first kappa shape index (κ1) is 36.7. The number of nitrogens with zero attached hydrogens (tertiary/aromatic N) is 4. The highest BCUT2D eigenvalue weighted by Crippen LogP contribution is 2.40. The van der Waals surface area contributed by atoms with Gasteiger partial charge in [0.25, 0.3) is 0 Å². The zero-order chi connectivity index (χ0) is 36.3. The van der Waals surface area contributed by atoms with Crippen LogP contribution in [-0.2, 0) is 32.2 Å². The van der Waals surface area contributed by atoms with Gasteiger partial charge >= 0.3 is 5.97 Å². The van der Waals surface area contributed by atoms with E-state index in [9.17, 15) is 19.8 Å². The van der Waals surface area contributed by atoms with Crippen molar-refractivity contribution in [2.75, 3.05) is 5.75 Å². The highest BCUT2D eigenvalue weighted by Gasteiger charge is 2.33. The zero-order valence-corrected chi connectivity index (χ0v) is 29.3. The van der Waals surface area contributed by atoms with E-state index in [-0.39, 0.29) is 36.9 Å². The number of hydrogen-bond donors (Lipinski definition) is 4. The van der Waals surface area contributed by atoms with Gasteiger partial charge in [-0.2, -0.15) is 4.68 Å². The van der Waals surface area contributed by atoms with Crippen LogP contribution in [-0.4, -0.2) is 59.3 Å². The van der Waals surface area contributed by atoms with Crippen molar-refractivity contribution < 1.29 is 34.4 Å². The Labute approximate surface area is 305 Å². The Hall–Kier alpha value is -5.08. The number of amides is 1. The molecule has 1 aliphatic rings. The molecule has 1 saturated heterocycles. The van der Waals surface area contributed by atoms with Crippen molar-refractivity contribution in [1.29, 1.82) is 0 Å². The van der Waals surface area contributed by atoms with Crippen molar-refractivity contribution in [2.24, 2.45) is 0 Å². The first-order valence-corrected chi connectivity index (χ1v) is 18.2. The lowest BCUT2D eigenvalue weighted by Gasteiger charge is -2.36. The SMILES string of the molecule is O=C(O)CCCCCC(=O)NCc1ccccc1-c1ccc(C2OC(CSc3nnnn3-c3ccc(O)cc3)CC(c3ccc(CO)cc3)O2)cc1. The molecular weight excluding hydrogens is 683 g/mol. The van der Waals surface area contributed by atoms with E-state index < -0.39 is 12.3 Å². The number of phenolic OH excluding ortho intramolecular Hbond substituents is 1. The number of carboxylic acids is 1. The van der Waals surface area contributed by atoms with Crippen molar-refractivity contribution in [3.8, 4) is 22.6 Å². The minimum absolute atomic E-state index is 0.0371. The highest BCUT2D eigenvalue weighted by molar-refractivity contribution is 7.99. The second-order valence-electron chi connectivity index (χ2n) is 12.6. The lowest BCUT2D eigenvalue weighted by Crippen LogP contribution is -2.31. The number of hydrogen-bond acceptors (Lipinski definition) is 10. The van der Waals surface area contributed by atoms with Crippen molar-refractivity contribution in [1.82, 2.24) is 25.5 Å². The van der Waals surface area contributed by atoms with Crippen LogP contribution in [0.25, 0.3) is 16.8 Å². The molecule has 6 rings (SSSR count). The number of aliphatic hydroxyl groups excluding tert-OH is 1.